The van der Waals surface area contributed by atoms with Gasteiger partial charge in [-0.1, -0.05) is 206 Å². The Balaban J connectivity index is 1.19. The van der Waals surface area contributed by atoms with Gasteiger partial charge in [-0.25, -0.2) is 0 Å². The molecule has 0 aliphatic carbocycles. The van der Waals surface area contributed by atoms with Crippen LogP contribution in [-0.4, -0.2) is 28.7 Å². The van der Waals surface area contributed by atoms with E-state index in [0.29, 0.717) is 0 Å². The average Bonchev–Trinajstić information content (AvgIpc) is 4.05. The molecule has 0 atom stereocenters. The molecule has 0 bridgehead atoms. The molecule has 0 spiro atoms. The van der Waals surface area contributed by atoms with Crippen molar-refractivity contribution in [1.82, 2.24) is 9.80 Å². The summed E-state index contributed by atoms with van der Waals surface area (Å²) in [5.41, 5.74) is 9.47. The number of para-hydroxylation sites is 3. The minimum absolute atomic E-state index is 0.726. The van der Waals surface area contributed by atoms with Crippen molar-refractivity contribution in [2.45, 2.75) is 13.1 Å². The van der Waals surface area contributed by atoms with E-state index in [1.165, 1.54) is 32.3 Å². The highest BCUT2D eigenvalue weighted by atomic mass is 31.2. The maximum Gasteiger partial charge on any atom is 0.0946 e. The van der Waals surface area contributed by atoms with Crippen molar-refractivity contribution in [1.29, 1.82) is 0 Å². The molecular formula is C57H52N6P2. The summed E-state index contributed by atoms with van der Waals surface area (Å²) >= 11 is 0. The van der Waals surface area contributed by atoms with Crippen molar-refractivity contribution in [2.75, 3.05) is 28.2 Å². The molecule has 65 heavy (non-hydrogen) atoms. The van der Waals surface area contributed by atoms with Crippen LogP contribution in [0.15, 0.2) is 260 Å². The van der Waals surface area contributed by atoms with Crippen LogP contribution < -0.4 is 36.1 Å². The largest absolute Gasteiger partial charge is 0.357 e. The van der Waals surface area contributed by atoms with Crippen LogP contribution in [0, 0.1) is 0 Å². The first-order valence-electron chi connectivity index (χ1n) is 22.2. The van der Waals surface area contributed by atoms with E-state index in [2.05, 4.69) is 286 Å². The Morgan fingerprint density at radius 2 is 0.785 bits per heavy atom. The molecule has 0 unspecified atom stereocenters. The van der Waals surface area contributed by atoms with Crippen molar-refractivity contribution in [3.63, 3.8) is 0 Å². The van der Waals surface area contributed by atoms with Crippen LogP contribution in [0.25, 0.3) is 0 Å². The highest BCUT2D eigenvalue weighted by Gasteiger charge is 2.33. The molecule has 320 valence electrons. The number of rotatable bonds is 14. The van der Waals surface area contributed by atoms with Crippen LogP contribution in [0.2, 0.25) is 0 Å². The highest BCUT2D eigenvalue weighted by molar-refractivity contribution is 8.08. The molecule has 2 aliphatic rings. The predicted molar refractivity (Wildman–Crippen MR) is 280 cm³/mol. The Morgan fingerprint density at radius 3 is 1.28 bits per heavy atom. The second-order valence-electron chi connectivity index (χ2n) is 16.4. The van der Waals surface area contributed by atoms with Crippen LogP contribution in [0.3, 0.4) is 0 Å². The first kappa shape index (κ1) is 41.8. The molecule has 8 aromatic rings. The van der Waals surface area contributed by atoms with E-state index in [0.717, 1.165) is 49.2 Å². The van der Waals surface area contributed by atoms with E-state index < -0.39 is 14.1 Å². The smallest absolute Gasteiger partial charge is 0.0946 e. The summed E-state index contributed by atoms with van der Waals surface area (Å²) in [6.07, 6.45) is 8.82. The minimum Gasteiger partial charge on any atom is -0.357 e. The lowest BCUT2D eigenvalue weighted by Gasteiger charge is -2.36. The normalized spacial score (nSPS) is 13.6. The molecule has 0 saturated heterocycles. The van der Waals surface area contributed by atoms with E-state index in [1.54, 1.807) is 0 Å². The van der Waals surface area contributed by atoms with Crippen LogP contribution >= 0.6 is 14.1 Å². The van der Waals surface area contributed by atoms with Gasteiger partial charge in [-0.3, -0.25) is 4.74 Å². The van der Waals surface area contributed by atoms with Gasteiger partial charge in [0, 0.05) is 55.5 Å². The Hall–Kier alpha value is -7.23. The number of hydrogen-bond donors (Lipinski definition) is 1. The lowest BCUT2D eigenvalue weighted by atomic mass is 10.2. The van der Waals surface area contributed by atoms with Gasteiger partial charge in [0.05, 0.1) is 43.1 Å². The summed E-state index contributed by atoms with van der Waals surface area (Å²) < 4.78 is 6.23. The van der Waals surface area contributed by atoms with Gasteiger partial charge >= 0.3 is 0 Å². The maximum absolute atomic E-state index is 6.23. The Kier molecular flexibility index (Phi) is 12.4. The van der Waals surface area contributed by atoms with E-state index in [1.807, 2.05) is 0 Å². The summed E-state index contributed by atoms with van der Waals surface area (Å²) in [4.78, 5) is 9.41. The van der Waals surface area contributed by atoms with Gasteiger partial charge in [0.25, 0.3) is 0 Å². The first-order valence-corrected chi connectivity index (χ1v) is 25.8. The third-order valence-corrected chi connectivity index (χ3v) is 20.2. The predicted octanol–water partition coefficient (Wildman–Crippen LogP) is 12.1. The minimum atomic E-state index is -2.85. The van der Waals surface area contributed by atoms with E-state index in [-0.39, 0.29) is 0 Å². The summed E-state index contributed by atoms with van der Waals surface area (Å²) in [6, 6.07) is 83.1. The van der Waals surface area contributed by atoms with E-state index in [4.69, 9.17) is 4.74 Å². The van der Waals surface area contributed by atoms with E-state index >= 15 is 0 Å². The number of benzene rings is 8. The average molecular weight is 883 g/mol. The topological polar surface area (TPSA) is 37.4 Å². The number of hydrogen-bond acceptors (Lipinski definition) is 6. The van der Waals surface area contributed by atoms with Crippen molar-refractivity contribution in [3.8, 4) is 0 Å². The summed E-state index contributed by atoms with van der Waals surface area (Å²) in [7, 11) is -5.61. The zero-order valence-corrected chi connectivity index (χ0v) is 38.1. The molecule has 8 heteroatoms. The Bertz CT molecular complexity index is 2910. The van der Waals surface area contributed by atoms with Crippen molar-refractivity contribution >= 4 is 63.6 Å². The van der Waals surface area contributed by atoms with Gasteiger partial charge in [0.15, 0.2) is 0 Å². The monoisotopic (exact) mass is 882 g/mol. The SMILES string of the molecule is C1=CN(c2ccccc2N=P(C=P(Nc2ccccc2N2C=CN(Cc3ccccc3)C2)(c2ccccc2)c2ccccc2)(c2ccccc2)c2ccccc2)CN1Cc1ccccc1. The summed E-state index contributed by atoms with van der Waals surface area (Å²) in [6.45, 7) is 3.14. The van der Waals surface area contributed by atoms with Crippen molar-refractivity contribution in [2.24, 2.45) is 4.74 Å². The maximum atomic E-state index is 6.23. The fourth-order valence-electron chi connectivity index (χ4n) is 8.81. The van der Waals surface area contributed by atoms with Crippen molar-refractivity contribution < 1.29 is 0 Å². The molecule has 0 aromatic heterocycles. The standard InChI is InChI=1S/C57H52N6P2/c1-7-23-48(24-8-1)43-60-39-41-62(45-60)56-37-21-19-35-54(56)58-64(50-27-11-3-12-28-50,51-29-13-4-14-30-51)47-65(52-31-15-5-16-32-52,53-33-17-6-18-34-53)59-55-36-20-22-38-57(55)63-42-40-61(46-63)44-49-25-9-2-10-26-49/h1-42,47,58H,43-46H2. The molecule has 10 rings (SSSR count). The Labute approximate surface area is 384 Å². The molecule has 2 aliphatic heterocycles. The molecular weight excluding hydrogens is 831 g/mol. The second-order valence-corrected chi connectivity index (χ2v) is 22.6. The van der Waals surface area contributed by atoms with Crippen molar-refractivity contribution in [3.05, 3.63) is 266 Å². The van der Waals surface area contributed by atoms with Crippen LogP contribution in [0.5, 0.6) is 0 Å². The van der Waals surface area contributed by atoms with Gasteiger partial charge in [0.2, 0.25) is 0 Å². The summed E-state index contributed by atoms with van der Waals surface area (Å²) in [5, 5.41) is 9.24. The fraction of sp³-hybridized carbons (Fsp3) is 0.0702. The van der Waals surface area contributed by atoms with Gasteiger partial charge in [-0.05, 0) is 51.5 Å². The van der Waals surface area contributed by atoms with Crippen LogP contribution in [0.1, 0.15) is 11.1 Å². The van der Waals surface area contributed by atoms with Crippen LogP contribution in [-0.2, 0) is 13.1 Å². The molecule has 0 saturated carbocycles. The Morgan fingerprint density at radius 1 is 0.400 bits per heavy atom. The molecule has 1 N–H and O–H groups in total. The molecule has 6 nitrogen and oxygen atoms in total. The number of anilines is 3. The molecule has 0 radical (unpaired) electrons. The fourth-order valence-corrected chi connectivity index (χ4v) is 18.1. The van der Waals surface area contributed by atoms with Crippen LogP contribution in [0.4, 0.5) is 22.7 Å². The third-order valence-electron chi connectivity index (χ3n) is 12.0. The zero-order valence-electron chi connectivity index (χ0n) is 36.3. The number of nitrogens with zero attached hydrogens (tertiary/aromatic N) is 5. The highest BCUT2D eigenvalue weighted by Crippen LogP contribution is 2.59. The van der Waals surface area contributed by atoms with Gasteiger partial charge in [-0.15, -0.1) is 0 Å². The van der Waals surface area contributed by atoms with Gasteiger partial charge < -0.3 is 24.7 Å². The molecule has 8 aromatic carbocycles. The second kappa shape index (κ2) is 19.3. The quantitative estimate of drug-likeness (QED) is 0.110. The van der Waals surface area contributed by atoms with E-state index in [9.17, 15) is 0 Å². The molecule has 0 fully saturated rings. The first-order chi connectivity index (χ1) is 32.1. The zero-order chi connectivity index (χ0) is 43.7. The number of nitrogens with one attached hydrogen (secondary N) is 1. The summed E-state index contributed by atoms with van der Waals surface area (Å²) in [5.74, 6) is 0. The molecule has 0 amide bonds. The third kappa shape index (κ3) is 9.10. The van der Waals surface area contributed by atoms with Gasteiger partial charge in [-0.2, -0.15) is 0 Å². The lowest BCUT2D eigenvalue weighted by molar-refractivity contribution is 0.400. The molecule has 2 heterocycles. The lowest BCUT2D eigenvalue weighted by Crippen LogP contribution is -2.28. The van der Waals surface area contributed by atoms with Gasteiger partial charge in [0.1, 0.15) is 0 Å².